The number of rotatable bonds is 4. The average Bonchev–Trinajstić information content (AvgIpc) is 2.84. The van der Waals surface area contributed by atoms with E-state index in [9.17, 15) is 8.42 Å². The van der Waals surface area contributed by atoms with Gasteiger partial charge in [-0.25, -0.2) is 8.42 Å². The maximum Gasteiger partial charge on any atom is 0.158 e. The first-order chi connectivity index (χ1) is 8.12. The number of methoxy groups -OCH3 is 1. The van der Waals surface area contributed by atoms with Crippen molar-refractivity contribution in [2.75, 3.05) is 20.2 Å². The van der Waals surface area contributed by atoms with Crippen LogP contribution in [-0.4, -0.2) is 33.9 Å². The lowest BCUT2D eigenvalue weighted by Crippen LogP contribution is -2.25. The fourth-order valence-electron chi connectivity index (χ4n) is 2.01. The third-order valence-corrected chi connectivity index (χ3v) is 5.20. The van der Waals surface area contributed by atoms with Gasteiger partial charge in [-0.15, -0.1) is 0 Å². The molecule has 17 heavy (non-hydrogen) atoms. The van der Waals surface area contributed by atoms with Crippen LogP contribution >= 0.6 is 0 Å². The smallest absolute Gasteiger partial charge is 0.158 e. The molecule has 0 aliphatic carbocycles. The molecule has 1 saturated heterocycles. The van der Waals surface area contributed by atoms with Crippen LogP contribution in [0.4, 0.5) is 0 Å². The summed E-state index contributed by atoms with van der Waals surface area (Å²) in [5.74, 6) is 0.859. The van der Waals surface area contributed by atoms with Gasteiger partial charge in [-0.3, -0.25) is 0 Å². The Morgan fingerprint density at radius 3 is 2.59 bits per heavy atom. The fraction of sp³-hybridized carbons (Fsp3) is 0.500. The van der Waals surface area contributed by atoms with Gasteiger partial charge in [0.1, 0.15) is 5.75 Å². The topological polar surface area (TPSA) is 55.4 Å². The molecule has 4 nitrogen and oxygen atoms in total. The first-order valence-corrected chi connectivity index (χ1v) is 7.38. The van der Waals surface area contributed by atoms with Crippen molar-refractivity contribution >= 4 is 9.84 Å². The summed E-state index contributed by atoms with van der Waals surface area (Å²) >= 11 is 0. The second kappa shape index (κ2) is 5.06. The Morgan fingerprint density at radius 2 is 2.06 bits per heavy atom. The predicted octanol–water partition coefficient (Wildman–Crippen LogP) is 0.972. The number of nitrogens with one attached hydrogen (secondary N) is 1. The van der Waals surface area contributed by atoms with Crippen molar-refractivity contribution in [3.05, 3.63) is 29.8 Å². The van der Waals surface area contributed by atoms with Gasteiger partial charge in [-0.2, -0.15) is 0 Å². The van der Waals surface area contributed by atoms with E-state index in [1.165, 1.54) is 0 Å². The van der Waals surface area contributed by atoms with E-state index in [-0.39, 0.29) is 11.0 Å². The first kappa shape index (κ1) is 12.4. The second-order valence-electron chi connectivity index (χ2n) is 4.27. The highest BCUT2D eigenvalue weighted by Gasteiger charge is 2.28. The van der Waals surface area contributed by atoms with Crippen LogP contribution in [0.3, 0.4) is 0 Å². The van der Waals surface area contributed by atoms with Crippen molar-refractivity contribution in [3.63, 3.8) is 0 Å². The number of sulfone groups is 1. The quantitative estimate of drug-likeness (QED) is 0.871. The zero-order valence-electron chi connectivity index (χ0n) is 9.85. The highest BCUT2D eigenvalue weighted by Crippen LogP contribution is 2.18. The molecule has 1 fully saturated rings. The van der Waals surface area contributed by atoms with Crippen molar-refractivity contribution in [2.24, 2.45) is 0 Å². The molecule has 1 aliphatic heterocycles. The Balaban J connectivity index is 2.08. The van der Waals surface area contributed by atoms with Gasteiger partial charge in [0.25, 0.3) is 0 Å². The highest BCUT2D eigenvalue weighted by atomic mass is 32.2. The molecule has 0 aromatic heterocycles. The third-order valence-electron chi connectivity index (χ3n) is 3.05. The van der Waals surface area contributed by atoms with Crippen molar-refractivity contribution in [1.29, 1.82) is 0 Å². The number of hydrogen-bond donors (Lipinski definition) is 1. The van der Waals surface area contributed by atoms with E-state index in [4.69, 9.17) is 4.74 Å². The molecule has 0 amide bonds. The lowest BCUT2D eigenvalue weighted by atomic mass is 10.2. The first-order valence-electron chi connectivity index (χ1n) is 5.67. The molecule has 1 aromatic carbocycles. The van der Waals surface area contributed by atoms with Crippen LogP contribution in [0.1, 0.15) is 12.0 Å². The van der Waals surface area contributed by atoms with Crippen molar-refractivity contribution in [2.45, 2.75) is 17.4 Å². The molecule has 0 saturated carbocycles. The van der Waals surface area contributed by atoms with Crippen LogP contribution in [0.5, 0.6) is 5.75 Å². The molecule has 0 bridgehead atoms. The Kier molecular flexibility index (Phi) is 3.69. The summed E-state index contributed by atoms with van der Waals surface area (Å²) in [7, 11) is -1.44. The summed E-state index contributed by atoms with van der Waals surface area (Å²) < 4.78 is 29.2. The summed E-state index contributed by atoms with van der Waals surface area (Å²) in [6.45, 7) is 1.38. The summed E-state index contributed by atoms with van der Waals surface area (Å²) in [4.78, 5) is 0. The molecule has 5 heteroatoms. The van der Waals surface area contributed by atoms with Gasteiger partial charge < -0.3 is 10.1 Å². The Hall–Kier alpha value is -1.07. The van der Waals surface area contributed by atoms with Gasteiger partial charge >= 0.3 is 0 Å². The van der Waals surface area contributed by atoms with E-state index in [1.54, 1.807) is 31.4 Å². The minimum absolute atomic E-state index is 0.114. The number of ether oxygens (including phenoxy) is 1. The van der Waals surface area contributed by atoms with Crippen LogP contribution in [-0.2, 0) is 15.6 Å². The second-order valence-corrected chi connectivity index (χ2v) is 6.55. The SMILES string of the molecule is COc1ccc(CS(=O)(=O)C2CCNC2)cc1. The summed E-state index contributed by atoms with van der Waals surface area (Å²) in [5, 5.41) is 2.85. The normalized spacial score (nSPS) is 20.4. The molecular weight excluding hydrogens is 238 g/mol. The van der Waals surface area contributed by atoms with E-state index >= 15 is 0 Å². The molecule has 94 valence electrons. The van der Waals surface area contributed by atoms with Gasteiger partial charge in [-0.1, -0.05) is 12.1 Å². The molecule has 2 rings (SSSR count). The number of hydrogen-bond acceptors (Lipinski definition) is 4. The van der Waals surface area contributed by atoms with Crippen LogP contribution in [0.15, 0.2) is 24.3 Å². The molecule has 1 aromatic rings. The predicted molar refractivity (Wildman–Crippen MR) is 66.9 cm³/mol. The van der Waals surface area contributed by atoms with Gasteiger partial charge in [0.2, 0.25) is 0 Å². The number of benzene rings is 1. The van der Waals surface area contributed by atoms with E-state index in [2.05, 4.69) is 5.32 Å². The lowest BCUT2D eigenvalue weighted by Gasteiger charge is -2.10. The molecule has 1 atom stereocenters. The zero-order chi connectivity index (χ0) is 12.3. The third kappa shape index (κ3) is 2.98. The molecule has 0 spiro atoms. The average molecular weight is 255 g/mol. The summed E-state index contributed by atoms with van der Waals surface area (Å²) in [6.07, 6.45) is 0.721. The lowest BCUT2D eigenvalue weighted by molar-refractivity contribution is 0.414. The van der Waals surface area contributed by atoms with Crippen LogP contribution in [0, 0.1) is 0 Å². The Labute approximate surface area is 102 Å². The van der Waals surface area contributed by atoms with Crippen LogP contribution in [0.2, 0.25) is 0 Å². The van der Waals surface area contributed by atoms with Crippen molar-refractivity contribution in [1.82, 2.24) is 5.32 Å². The zero-order valence-corrected chi connectivity index (χ0v) is 10.7. The maximum atomic E-state index is 12.1. The van der Waals surface area contributed by atoms with Crippen LogP contribution < -0.4 is 10.1 Å². The maximum absolute atomic E-state index is 12.1. The van der Waals surface area contributed by atoms with E-state index < -0.39 is 9.84 Å². The van der Waals surface area contributed by atoms with Crippen molar-refractivity contribution in [3.8, 4) is 5.75 Å². The summed E-state index contributed by atoms with van der Waals surface area (Å²) in [5.41, 5.74) is 0.817. The van der Waals surface area contributed by atoms with Gasteiger partial charge in [0, 0.05) is 6.54 Å². The van der Waals surface area contributed by atoms with Gasteiger partial charge in [-0.05, 0) is 30.7 Å². The Bertz CT molecular complexity index is 461. The fourth-order valence-corrected chi connectivity index (χ4v) is 3.75. The molecule has 1 heterocycles. The van der Waals surface area contributed by atoms with Crippen LogP contribution in [0.25, 0.3) is 0 Å². The van der Waals surface area contributed by atoms with E-state index in [0.29, 0.717) is 6.54 Å². The molecule has 0 radical (unpaired) electrons. The molecule has 1 N–H and O–H groups in total. The van der Waals surface area contributed by atoms with Gasteiger partial charge in [0.15, 0.2) is 9.84 Å². The minimum Gasteiger partial charge on any atom is -0.497 e. The Morgan fingerprint density at radius 1 is 1.35 bits per heavy atom. The van der Waals surface area contributed by atoms with E-state index in [1.807, 2.05) is 0 Å². The molecular formula is C12H17NO3S. The van der Waals surface area contributed by atoms with Gasteiger partial charge in [0.05, 0.1) is 18.1 Å². The highest BCUT2D eigenvalue weighted by molar-refractivity contribution is 7.91. The monoisotopic (exact) mass is 255 g/mol. The van der Waals surface area contributed by atoms with Crippen molar-refractivity contribution < 1.29 is 13.2 Å². The minimum atomic E-state index is -3.04. The largest absolute Gasteiger partial charge is 0.497 e. The summed E-state index contributed by atoms with van der Waals surface area (Å²) in [6, 6.07) is 7.19. The molecule has 1 aliphatic rings. The van der Waals surface area contributed by atoms with E-state index in [0.717, 1.165) is 24.3 Å². The standard InChI is InChI=1S/C12H17NO3S/c1-16-11-4-2-10(3-5-11)9-17(14,15)12-6-7-13-8-12/h2-5,12-13H,6-9H2,1H3. The molecule has 1 unspecified atom stereocenters.